The van der Waals surface area contributed by atoms with Gasteiger partial charge in [-0.25, -0.2) is 0 Å². The lowest BCUT2D eigenvalue weighted by Gasteiger charge is -2.37. The summed E-state index contributed by atoms with van der Waals surface area (Å²) in [5, 5.41) is 4.58. The molecular formula is C16H24ClN. The first-order valence-corrected chi connectivity index (χ1v) is 7.31. The predicted octanol–water partition coefficient (Wildman–Crippen LogP) is 4.61. The van der Waals surface area contributed by atoms with Gasteiger partial charge in [0, 0.05) is 11.1 Å². The Balaban J connectivity index is 1.73. The summed E-state index contributed by atoms with van der Waals surface area (Å²) >= 11 is 6.22. The quantitative estimate of drug-likeness (QED) is 0.838. The molecule has 1 aliphatic rings. The molecule has 0 amide bonds. The van der Waals surface area contributed by atoms with Gasteiger partial charge in [0.25, 0.3) is 0 Å². The molecular weight excluding hydrogens is 242 g/mol. The molecule has 0 aromatic heterocycles. The second-order valence-electron chi connectivity index (χ2n) is 6.65. The van der Waals surface area contributed by atoms with E-state index in [9.17, 15) is 0 Å². The van der Waals surface area contributed by atoms with Crippen molar-refractivity contribution in [2.45, 2.75) is 52.0 Å². The lowest BCUT2D eigenvalue weighted by molar-refractivity contribution is 0.271. The minimum Gasteiger partial charge on any atom is -0.314 e. The van der Waals surface area contributed by atoms with E-state index in [2.05, 4.69) is 38.2 Å². The van der Waals surface area contributed by atoms with Crippen LogP contribution in [0.4, 0.5) is 0 Å². The first-order chi connectivity index (χ1) is 8.46. The van der Waals surface area contributed by atoms with Crippen LogP contribution in [0, 0.1) is 5.41 Å². The van der Waals surface area contributed by atoms with E-state index in [4.69, 9.17) is 11.6 Å². The van der Waals surface area contributed by atoms with E-state index >= 15 is 0 Å². The number of benzene rings is 1. The van der Waals surface area contributed by atoms with Crippen molar-refractivity contribution in [1.29, 1.82) is 0 Å². The summed E-state index contributed by atoms with van der Waals surface area (Å²) in [6.45, 7) is 8.01. The topological polar surface area (TPSA) is 12.0 Å². The third kappa shape index (κ3) is 3.73. The van der Waals surface area contributed by atoms with Gasteiger partial charge in [0.1, 0.15) is 0 Å². The van der Waals surface area contributed by atoms with Gasteiger partial charge >= 0.3 is 0 Å². The van der Waals surface area contributed by atoms with Gasteiger partial charge in [-0.05, 0) is 48.8 Å². The summed E-state index contributed by atoms with van der Waals surface area (Å²) in [7, 11) is 0. The third-order valence-corrected chi connectivity index (χ3v) is 4.14. The molecule has 1 N–H and O–H groups in total. The molecule has 1 nitrogen and oxygen atoms in total. The number of nitrogens with one attached hydrogen (secondary N) is 1. The molecule has 1 aliphatic carbocycles. The lowest BCUT2D eigenvalue weighted by Crippen LogP contribution is -2.41. The molecule has 0 radical (unpaired) electrons. The van der Waals surface area contributed by atoms with Crippen LogP contribution in [-0.4, -0.2) is 12.6 Å². The summed E-state index contributed by atoms with van der Waals surface area (Å²) in [4.78, 5) is 0. The fourth-order valence-corrected chi connectivity index (χ4v) is 2.79. The molecule has 0 unspecified atom stereocenters. The van der Waals surface area contributed by atoms with Gasteiger partial charge in [-0.1, -0.05) is 50.6 Å². The van der Waals surface area contributed by atoms with E-state index in [0.717, 1.165) is 11.6 Å². The Morgan fingerprint density at radius 1 is 1.22 bits per heavy atom. The zero-order valence-electron chi connectivity index (χ0n) is 11.7. The smallest absolute Gasteiger partial charge is 0.0440 e. The SMILES string of the molecule is CC(C)(C)CCNC1CC(c2ccccc2Cl)C1. The van der Waals surface area contributed by atoms with Crippen molar-refractivity contribution >= 4 is 11.6 Å². The van der Waals surface area contributed by atoms with E-state index in [0.29, 0.717) is 17.4 Å². The van der Waals surface area contributed by atoms with Crippen molar-refractivity contribution < 1.29 is 0 Å². The molecule has 1 fully saturated rings. The minimum atomic E-state index is 0.429. The van der Waals surface area contributed by atoms with E-state index in [-0.39, 0.29) is 0 Å². The van der Waals surface area contributed by atoms with Gasteiger partial charge in [-0.3, -0.25) is 0 Å². The third-order valence-electron chi connectivity index (χ3n) is 3.79. The molecule has 100 valence electrons. The largest absolute Gasteiger partial charge is 0.314 e. The van der Waals surface area contributed by atoms with Crippen LogP contribution in [0.3, 0.4) is 0 Å². The van der Waals surface area contributed by atoms with Gasteiger partial charge in [0.15, 0.2) is 0 Å². The summed E-state index contributed by atoms with van der Waals surface area (Å²) in [6.07, 6.45) is 3.70. The number of hydrogen-bond donors (Lipinski definition) is 1. The molecule has 2 rings (SSSR count). The maximum Gasteiger partial charge on any atom is 0.0440 e. The second kappa shape index (κ2) is 5.63. The van der Waals surface area contributed by atoms with Crippen LogP contribution in [0.2, 0.25) is 5.02 Å². The highest BCUT2D eigenvalue weighted by molar-refractivity contribution is 6.31. The monoisotopic (exact) mass is 265 g/mol. The average Bonchev–Trinajstić information content (AvgIpc) is 2.21. The molecule has 0 aliphatic heterocycles. The van der Waals surface area contributed by atoms with Crippen molar-refractivity contribution in [3.05, 3.63) is 34.9 Å². The van der Waals surface area contributed by atoms with Crippen LogP contribution in [0.5, 0.6) is 0 Å². The van der Waals surface area contributed by atoms with Crippen molar-refractivity contribution in [2.75, 3.05) is 6.54 Å². The Labute approximate surface area is 116 Å². The Kier molecular flexibility index (Phi) is 4.34. The predicted molar refractivity (Wildman–Crippen MR) is 79.3 cm³/mol. The minimum absolute atomic E-state index is 0.429. The zero-order chi connectivity index (χ0) is 13.2. The molecule has 1 saturated carbocycles. The maximum atomic E-state index is 6.22. The molecule has 2 heteroatoms. The molecule has 0 heterocycles. The van der Waals surface area contributed by atoms with Crippen LogP contribution in [-0.2, 0) is 0 Å². The van der Waals surface area contributed by atoms with Gasteiger partial charge in [0.2, 0.25) is 0 Å². The van der Waals surface area contributed by atoms with Crippen molar-refractivity contribution in [3.63, 3.8) is 0 Å². The van der Waals surface area contributed by atoms with Crippen LogP contribution in [0.15, 0.2) is 24.3 Å². The zero-order valence-corrected chi connectivity index (χ0v) is 12.4. The number of hydrogen-bond acceptors (Lipinski definition) is 1. The van der Waals surface area contributed by atoms with Crippen molar-refractivity contribution in [2.24, 2.45) is 5.41 Å². The molecule has 1 aromatic rings. The van der Waals surface area contributed by atoms with Gasteiger partial charge in [-0.2, -0.15) is 0 Å². The van der Waals surface area contributed by atoms with Crippen LogP contribution in [0.25, 0.3) is 0 Å². The van der Waals surface area contributed by atoms with Crippen LogP contribution >= 0.6 is 11.6 Å². The average molecular weight is 266 g/mol. The fraction of sp³-hybridized carbons (Fsp3) is 0.625. The van der Waals surface area contributed by atoms with Crippen molar-refractivity contribution in [1.82, 2.24) is 5.32 Å². The Bertz CT molecular complexity index is 388. The first kappa shape index (κ1) is 13.9. The van der Waals surface area contributed by atoms with E-state index < -0.39 is 0 Å². The highest BCUT2D eigenvalue weighted by Gasteiger charge is 2.31. The Morgan fingerprint density at radius 2 is 1.89 bits per heavy atom. The molecule has 0 spiro atoms. The maximum absolute atomic E-state index is 6.22. The van der Waals surface area contributed by atoms with Gasteiger partial charge < -0.3 is 5.32 Å². The molecule has 0 bridgehead atoms. The van der Waals surface area contributed by atoms with Gasteiger partial charge in [0.05, 0.1) is 0 Å². The summed E-state index contributed by atoms with van der Waals surface area (Å²) in [5.74, 6) is 0.658. The highest BCUT2D eigenvalue weighted by Crippen LogP contribution is 2.39. The lowest BCUT2D eigenvalue weighted by atomic mass is 9.75. The van der Waals surface area contributed by atoms with E-state index in [1.165, 1.54) is 24.8 Å². The summed E-state index contributed by atoms with van der Waals surface area (Å²) in [6, 6.07) is 8.94. The Morgan fingerprint density at radius 3 is 2.50 bits per heavy atom. The van der Waals surface area contributed by atoms with E-state index in [1.807, 2.05) is 12.1 Å². The van der Waals surface area contributed by atoms with Crippen molar-refractivity contribution in [3.8, 4) is 0 Å². The van der Waals surface area contributed by atoms with Crippen LogP contribution in [0.1, 0.15) is 51.5 Å². The molecule has 0 saturated heterocycles. The standard InChI is InChI=1S/C16H24ClN/c1-16(2,3)8-9-18-13-10-12(11-13)14-6-4-5-7-15(14)17/h4-7,12-13,18H,8-11H2,1-3H3. The Hall–Kier alpha value is -0.530. The molecule has 18 heavy (non-hydrogen) atoms. The fourth-order valence-electron chi connectivity index (χ4n) is 2.50. The summed E-state index contributed by atoms with van der Waals surface area (Å²) < 4.78 is 0. The van der Waals surface area contributed by atoms with Gasteiger partial charge in [-0.15, -0.1) is 0 Å². The van der Waals surface area contributed by atoms with Crippen LogP contribution < -0.4 is 5.32 Å². The number of halogens is 1. The first-order valence-electron chi connectivity index (χ1n) is 6.93. The highest BCUT2D eigenvalue weighted by atomic mass is 35.5. The molecule has 0 atom stereocenters. The second-order valence-corrected chi connectivity index (χ2v) is 7.06. The summed E-state index contributed by atoms with van der Waals surface area (Å²) in [5.41, 5.74) is 1.76. The number of rotatable bonds is 4. The van der Waals surface area contributed by atoms with E-state index in [1.54, 1.807) is 0 Å². The molecule has 1 aromatic carbocycles. The normalized spacial score (nSPS) is 23.8.